The van der Waals surface area contributed by atoms with Crippen LogP contribution in [0.4, 0.5) is 0 Å². The van der Waals surface area contributed by atoms with Gasteiger partial charge in [-0.05, 0) is 55.2 Å². The van der Waals surface area contributed by atoms with Gasteiger partial charge in [0.25, 0.3) is 11.8 Å². The van der Waals surface area contributed by atoms with Gasteiger partial charge in [0, 0.05) is 23.7 Å². The average Bonchev–Trinajstić information content (AvgIpc) is 3.21. The van der Waals surface area contributed by atoms with Gasteiger partial charge in [0.1, 0.15) is 5.75 Å². The summed E-state index contributed by atoms with van der Waals surface area (Å²) in [6.45, 7) is 0.531. The summed E-state index contributed by atoms with van der Waals surface area (Å²) in [6.07, 6.45) is 5.15. The van der Waals surface area contributed by atoms with Crippen LogP contribution in [0.2, 0.25) is 0 Å². The maximum absolute atomic E-state index is 12.4. The monoisotopic (exact) mass is 366 g/mol. The van der Waals surface area contributed by atoms with E-state index in [0.29, 0.717) is 17.7 Å². The van der Waals surface area contributed by atoms with Gasteiger partial charge in [-0.25, -0.2) is 0 Å². The fourth-order valence-corrected chi connectivity index (χ4v) is 3.36. The Hall–Kier alpha value is -2.82. The predicted molar refractivity (Wildman–Crippen MR) is 105 cm³/mol. The second-order valence-corrected chi connectivity index (χ2v) is 6.89. The van der Waals surface area contributed by atoms with Crippen LogP contribution in [0.25, 0.3) is 0 Å². The van der Waals surface area contributed by atoms with E-state index in [0.717, 1.165) is 30.6 Å². The summed E-state index contributed by atoms with van der Waals surface area (Å²) in [6, 6.07) is 14.9. The summed E-state index contributed by atoms with van der Waals surface area (Å²) >= 11 is 0. The van der Waals surface area contributed by atoms with Crippen LogP contribution >= 0.6 is 0 Å². The number of rotatable bonds is 7. The third-order valence-electron chi connectivity index (χ3n) is 4.94. The zero-order valence-corrected chi connectivity index (χ0v) is 15.7. The van der Waals surface area contributed by atoms with E-state index in [1.807, 2.05) is 24.3 Å². The van der Waals surface area contributed by atoms with Crippen LogP contribution in [0.5, 0.6) is 5.75 Å². The molecule has 0 bridgehead atoms. The summed E-state index contributed by atoms with van der Waals surface area (Å²) < 4.78 is 5.14. The van der Waals surface area contributed by atoms with Crippen molar-refractivity contribution in [3.05, 3.63) is 65.2 Å². The molecule has 0 heterocycles. The van der Waals surface area contributed by atoms with E-state index < -0.39 is 0 Å². The van der Waals surface area contributed by atoms with Crippen LogP contribution < -0.4 is 15.4 Å². The highest BCUT2D eigenvalue weighted by Gasteiger charge is 2.18. The SMILES string of the molecule is COc1ccc(CCNC(=O)c2cccc(C(=O)NC3CCCC3)c2)cc1. The molecular formula is C22H26N2O3. The summed E-state index contributed by atoms with van der Waals surface area (Å²) in [4.78, 5) is 24.8. The second-order valence-electron chi connectivity index (χ2n) is 6.89. The Balaban J connectivity index is 1.52. The maximum Gasteiger partial charge on any atom is 0.251 e. The molecule has 1 aliphatic carbocycles. The first-order valence-electron chi connectivity index (χ1n) is 9.48. The number of amides is 2. The lowest BCUT2D eigenvalue weighted by molar-refractivity contribution is 0.0938. The molecule has 0 aromatic heterocycles. The first kappa shape index (κ1) is 19.0. The normalized spacial score (nSPS) is 14.0. The standard InChI is InChI=1S/C22H26N2O3/c1-27-20-11-9-16(10-12-20)13-14-23-21(25)17-5-4-6-18(15-17)22(26)24-19-7-2-3-8-19/h4-6,9-12,15,19H,2-3,7-8,13-14H2,1H3,(H,23,25)(H,24,26). The molecule has 27 heavy (non-hydrogen) atoms. The molecule has 0 atom stereocenters. The Bertz CT molecular complexity index is 780. The van der Waals surface area contributed by atoms with Crippen molar-refractivity contribution in [1.82, 2.24) is 10.6 Å². The Morgan fingerprint density at radius 3 is 2.33 bits per heavy atom. The molecule has 0 aliphatic heterocycles. The summed E-state index contributed by atoms with van der Waals surface area (Å²) in [5.41, 5.74) is 2.16. The molecule has 2 aromatic rings. The van der Waals surface area contributed by atoms with Gasteiger partial charge in [-0.15, -0.1) is 0 Å². The van der Waals surface area contributed by atoms with Crippen molar-refractivity contribution in [2.24, 2.45) is 0 Å². The third-order valence-corrected chi connectivity index (χ3v) is 4.94. The Morgan fingerprint density at radius 2 is 1.67 bits per heavy atom. The van der Waals surface area contributed by atoms with Gasteiger partial charge in [-0.3, -0.25) is 9.59 Å². The summed E-state index contributed by atoms with van der Waals surface area (Å²) in [5.74, 6) is 0.546. The molecule has 142 valence electrons. The van der Waals surface area contributed by atoms with E-state index in [2.05, 4.69) is 10.6 Å². The van der Waals surface area contributed by atoms with Crippen LogP contribution in [0, 0.1) is 0 Å². The Morgan fingerprint density at radius 1 is 1.00 bits per heavy atom. The van der Waals surface area contributed by atoms with Gasteiger partial charge < -0.3 is 15.4 Å². The number of methoxy groups -OCH3 is 1. The fraction of sp³-hybridized carbons (Fsp3) is 0.364. The lowest BCUT2D eigenvalue weighted by Crippen LogP contribution is -2.33. The number of carbonyl (C=O) groups is 2. The molecule has 3 rings (SSSR count). The van der Waals surface area contributed by atoms with E-state index >= 15 is 0 Å². The molecule has 5 heteroatoms. The molecule has 0 spiro atoms. The minimum absolute atomic E-state index is 0.102. The molecule has 0 unspecified atom stereocenters. The largest absolute Gasteiger partial charge is 0.497 e. The zero-order valence-electron chi connectivity index (χ0n) is 15.7. The van der Waals surface area contributed by atoms with Gasteiger partial charge in [0.05, 0.1) is 7.11 Å². The second kappa shape index (κ2) is 9.21. The highest BCUT2D eigenvalue weighted by molar-refractivity contribution is 5.99. The van der Waals surface area contributed by atoms with E-state index in [4.69, 9.17) is 4.74 Å². The molecule has 2 amide bonds. The minimum Gasteiger partial charge on any atom is -0.497 e. The van der Waals surface area contributed by atoms with Crippen LogP contribution in [-0.4, -0.2) is 31.5 Å². The van der Waals surface area contributed by atoms with Crippen LogP contribution in [0.15, 0.2) is 48.5 Å². The summed E-state index contributed by atoms with van der Waals surface area (Å²) in [7, 11) is 1.64. The molecule has 5 nitrogen and oxygen atoms in total. The number of nitrogens with one attached hydrogen (secondary N) is 2. The average molecular weight is 366 g/mol. The Labute approximate surface area is 160 Å². The third kappa shape index (κ3) is 5.33. The van der Waals surface area contributed by atoms with Gasteiger partial charge in [0.15, 0.2) is 0 Å². The van der Waals surface area contributed by atoms with Crippen molar-refractivity contribution in [3.8, 4) is 5.75 Å². The highest BCUT2D eigenvalue weighted by atomic mass is 16.5. The van der Waals surface area contributed by atoms with Crippen molar-refractivity contribution >= 4 is 11.8 Å². The number of hydrogen-bond acceptors (Lipinski definition) is 3. The number of carbonyl (C=O) groups excluding carboxylic acids is 2. The number of hydrogen-bond donors (Lipinski definition) is 2. The van der Waals surface area contributed by atoms with Crippen molar-refractivity contribution in [2.75, 3.05) is 13.7 Å². The van der Waals surface area contributed by atoms with Gasteiger partial charge >= 0.3 is 0 Å². The topological polar surface area (TPSA) is 67.4 Å². The molecule has 1 fully saturated rings. The van der Waals surface area contributed by atoms with Crippen molar-refractivity contribution in [3.63, 3.8) is 0 Å². The highest BCUT2D eigenvalue weighted by Crippen LogP contribution is 2.18. The number of ether oxygens (including phenoxy) is 1. The van der Waals surface area contributed by atoms with Crippen LogP contribution in [0.3, 0.4) is 0 Å². The molecule has 2 N–H and O–H groups in total. The van der Waals surface area contributed by atoms with Gasteiger partial charge in [-0.1, -0.05) is 31.0 Å². The van der Waals surface area contributed by atoms with Crippen LogP contribution in [-0.2, 0) is 6.42 Å². The molecule has 2 aromatic carbocycles. The smallest absolute Gasteiger partial charge is 0.251 e. The van der Waals surface area contributed by atoms with Gasteiger partial charge in [0.2, 0.25) is 0 Å². The molecular weight excluding hydrogens is 340 g/mol. The lowest BCUT2D eigenvalue weighted by atomic mass is 10.1. The number of benzene rings is 2. The fourth-order valence-electron chi connectivity index (χ4n) is 3.36. The van der Waals surface area contributed by atoms with E-state index in [1.54, 1.807) is 31.4 Å². The maximum atomic E-state index is 12.4. The van der Waals surface area contributed by atoms with Crippen molar-refractivity contribution in [2.45, 2.75) is 38.1 Å². The molecule has 1 saturated carbocycles. The van der Waals surface area contributed by atoms with E-state index in [9.17, 15) is 9.59 Å². The van der Waals surface area contributed by atoms with Crippen molar-refractivity contribution in [1.29, 1.82) is 0 Å². The molecule has 0 saturated heterocycles. The zero-order chi connectivity index (χ0) is 19.1. The Kier molecular flexibility index (Phi) is 6.47. The lowest BCUT2D eigenvalue weighted by Gasteiger charge is -2.12. The quantitative estimate of drug-likeness (QED) is 0.790. The van der Waals surface area contributed by atoms with Gasteiger partial charge in [-0.2, -0.15) is 0 Å². The summed E-state index contributed by atoms with van der Waals surface area (Å²) in [5, 5.41) is 5.97. The first-order chi connectivity index (χ1) is 13.2. The van der Waals surface area contributed by atoms with E-state index in [1.165, 1.54) is 12.8 Å². The predicted octanol–water partition coefficient (Wildman–Crippen LogP) is 3.34. The molecule has 1 aliphatic rings. The first-order valence-corrected chi connectivity index (χ1v) is 9.48. The minimum atomic E-state index is -0.168. The van der Waals surface area contributed by atoms with Crippen molar-refractivity contribution < 1.29 is 14.3 Å². The molecule has 0 radical (unpaired) electrons. The van der Waals surface area contributed by atoms with E-state index in [-0.39, 0.29) is 17.9 Å². The van der Waals surface area contributed by atoms with Crippen LogP contribution in [0.1, 0.15) is 52.0 Å².